The van der Waals surface area contributed by atoms with Crippen molar-refractivity contribution in [3.63, 3.8) is 0 Å². The monoisotopic (exact) mass is 201 g/mol. The van der Waals surface area contributed by atoms with Gasteiger partial charge in [0.2, 0.25) is 0 Å². The Morgan fingerprint density at radius 3 is 2.38 bits per heavy atom. The molecule has 1 aliphatic rings. The first-order chi connectivity index (χ1) is 6.04. The van der Waals surface area contributed by atoms with Crippen molar-refractivity contribution in [3.8, 4) is 0 Å². The van der Waals surface area contributed by atoms with E-state index in [0.29, 0.717) is 10.4 Å². The van der Waals surface area contributed by atoms with Gasteiger partial charge in [-0.2, -0.15) is 0 Å². The average molecular weight is 201 g/mol. The van der Waals surface area contributed by atoms with Crippen LogP contribution in [0.4, 0.5) is 0 Å². The summed E-state index contributed by atoms with van der Waals surface area (Å²) in [5.74, 6) is 1.25. The third-order valence-electron chi connectivity index (χ3n) is 2.78. The van der Waals surface area contributed by atoms with Crippen LogP contribution < -0.4 is 5.32 Å². The number of thioether (sulfide) groups is 1. The normalized spacial score (nSPS) is 32.3. The van der Waals surface area contributed by atoms with Crippen molar-refractivity contribution >= 4 is 11.8 Å². The van der Waals surface area contributed by atoms with Gasteiger partial charge in [-0.25, -0.2) is 0 Å². The van der Waals surface area contributed by atoms with Gasteiger partial charge in [-0.05, 0) is 26.7 Å². The summed E-state index contributed by atoms with van der Waals surface area (Å²) >= 11 is 2.13. The Balaban J connectivity index is 2.52. The fraction of sp³-hybridized carbons (Fsp3) is 1.00. The van der Waals surface area contributed by atoms with Gasteiger partial charge >= 0.3 is 0 Å². The van der Waals surface area contributed by atoms with Crippen LogP contribution in [0, 0.1) is 0 Å². The lowest BCUT2D eigenvalue weighted by Crippen LogP contribution is -2.46. The third kappa shape index (κ3) is 2.88. The van der Waals surface area contributed by atoms with Crippen molar-refractivity contribution in [3.05, 3.63) is 0 Å². The van der Waals surface area contributed by atoms with E-state index >= 15 is 0 Å². The Bertz CT molecular complexity index is 167. The molecule has 0 aliphatic carbocycles. The summed E-state index contributed by atoms with van der Waals surface area (Å²) in [5.41, 5.74) is 0.342. The van der Waals surface area contributed by atoms with Crippen molar-refractivity contribution in [1.29, 1.82) is 0 Å². The molecule has 0 aromatic carbocycles. The lowest BCUT2D eigenvalue weighted by molar-refractivity contribution is 0.335. The van der Waals surface area contributed by atoms with E-state index in [-0.39, 0.29) is 0 Å². The first-order valence-corrected chi connectivity index (χ1v) is 6.45. The van der Waals surface area contributed by atoms with Gasteiger partial charge in [-0.1, -0.05) is 26.7 Å². The van der Waals surface area contributed by atoms with Gasteiger partial charge < -0.3 is 0 Å². The average Bonchev–Trinajstić information content (AvgIpc) is 2.40. The van der Waals surface area contributed by atoms with E-state index in [0.717, 1.165) is 0 Å². The molecule has 1 aliphatic heterocycles. The van der Waals surface area contributed by atoms with Gasteiger partial charge in [-0.15, -0.1) is 11.8 Å². The van der Waals surface area contributed by atoms with Gasteiger partial charge in [0, 0.05) is 11.3 Å². The highest BCUT2D eigenvalue weighted by molar-refractivity contribution is 8.00. The lowest BCUT2D eigenvalue weighted by Gasteiger charge is -2.30. The fourth-order valence-corrected chi connectivity index (χ4v) is 3.52. The van der Waals surface area contributed by atoms with Gasteiger partial charge in [0.25, 0.3) is 0 Å². The molecule has 1 saturated heterocycles. The van der Waals surface area contributed by atoms with Gasteiger partial charge in [-0.3, -0.25) is 5.32 Å². The van der Waals surface area contributed by atoms with Crippen molar-refractivity contribution in [2.75, 3.05) is 5.75 Å². The summed E-state index contributed by atoms with van der Waals surface area (Å²) in [6.07, 6.45) is 5.24. The Morgan fingerprint density at radius 1 is 1.31 bits per heavy atom. The van der Waals surface area contributed by atoms with Crippen molar-refractivity contribution in [2.45, 2.75) is 63.8 Å². The van der Waals surface area contributed by atoms with E-state index in [1.54, 1.807) is 0 Å². The fourth-order valence-electron chi connectivity index (χ4n) is 1.97. The molecule has 2 heteroatoms. The molecule has 0 aromatic heterocycles. The number of unbranched alkanes of at least 4 members (excludes halogenated alkanes) is 1. The van der Waals surface area contributed by atoms with E-state index in [2.05, 4.69) is 44.8 Å². The second-order valence-corrected chi connectivity index (χ2v) is 6.11. The van der Waals surface area contributed by atoms with E-state index < -0.39 is 0 Å². The zero-order valence-corrected chi connectivity index (χ0v) is 10.3. The summed E-state index contributed by atoms with van der Waals surface area (Å²) in [4.78, 5) is 0.388. The SMILES string of the molecule is CCCCC1(CC)NC(C)(C)CS1. The Kier molecular flexibility index (Phi) is 3.70. The number of hydrogen-bond acceptors (Lipinski definition) is 2. The maximum atomic E-state index is 3.79. The maximum Gasteiger partial charge on any atom is 0.0647 e. The number of hydrogen-bond donors (Lipinski definition) is 1. The first-order valence-electron chi connectivity index (χ1n) is 5.47. The molecule has 1 N–H and O–H groups in total. The molecule has 0 saturated carbocycles. The van der Waals surface area contributed by atoms with Gasteiger partial charge in [0.05, 0.1) is 4.87 Å². The van der Waals surface area contributed by atoms with Crippen molar-refractivity contribution < 1.29 is 0 Å². The molecule has 0 spiro atoms. The number of rotatable bonds is 4. The highest BCUT2D eigenvalue weighted by atomic mass is 32.2. The van der Waals surface area contributed by atoms with E-state index in [1.165, 1.54) is 31.4 Å². The summed E-state index contributed by atoms with van der Waals surface area (Å²) in [6, 6.07) is 0. The van der Waals surface area contributed by atoms with E-state index in [1.807, 2.05) is 0 Å². The predicted molar refractivity (Wildman–Crippen MR) is 62.2 cm³/mol. The molecular formula is C11H23NS. The maximum absolute atomic E-state index is 3.79. The number of nitrogens with one attached hydrogen (secondary N) is 1. The largest absolute Gasteiger partial charge is 0.297 e. The summed E-state index contributed by atoms with van der Waals surface area (Å²) < 4.78 is 0. The van der Waals surface area contributed by atoms with Crippen LogP contribution in [0.5, 0.6) is 0 Å². The van der Waals surface area contributed by atoms with Crippen LogP contribution in [0.1, 0.15) is 53.4 Å². The van der Waals surface area contributed by atoms with Crippen LogP contribution in [-0.2, 0) is 0 Å². The second-order valence-electron chi connectivity index (χ2n) is 4.75. The standard InChI is InChI=1S/C11H23NS/c1-5-7-8-11(6-2)12-10(3,4)9-13-11/h12H,5-9H2,1-4H3. The first kappa shape index (κ1) is 11.4. The Hall–Kier alpha value is 0.310. The molecule has 1 atom stereocenters. The molecule has 0 radical (unpaired) electrons. The van der Waals surface area contributed by atoms with Crippen LogP contribution in [0.15, 0.2) is 0 Å². The second kappa shape index (κ2) is 4.22. The van der Waals surface area contributed by atoms with Crippen LogP contribution in [0.3, 0.4) is 0 Å². The molecule has 78 valence electrons. The quantitative estimate of drug-likeness (QED) is 0.748. The van der Waals surface area contributed by atoms with Crippen molar-refractivity contribution in [2.24, 2.45) is 0 Å². The summed E-state index contributed by atoms with van der Waals surface area (Å²) in [5, 5.41) is 3.79. The van der Waals surface area contributed by atoms with Crippen LogP contribution in [0.25, 0.3) is 0 Å². The third-order valence-corrected chi connectivity index (χ3v) is 4.79. The van der Waals surface area contributed by atoms with Crippen molar-refractivity contribution in [1.82, 2.24) is 5.32 Å². The molecule has 0 bridgehead atoms. The smallest absolute Gasteiger partial charge is 0.0647 e. The molecule has 1 heterocycles. The lowest BCUT2D eigenvalue weighted by atomic mass is 10.0. The minimum atomic E-state index is 0.342. The minimum Gasteiger partial charge on any atom is -0.297 e. The Labute approximate surface area is 87.1 Å². The summed E-state index contributed by atoms with van der Waals surface area (Å²) in [7, 11) is 0. The Morgan fingerprint density at radius 2 is 2.00 bits per heavy atom. The van der Waals surface area contributed by atoms with E-state index in [4.69, 9.17) is 0 Å². The zero-order valence-electron chi connectivity index (χ0n) is 9.44. The van der Waals surface area contributed by atoms with Crippen LogP contribution in [-0.4, -0.2) is 16.2 Å². The zero-order chi connectivity index (χ0) is 9.95. The topological polar surface area (TPSA) is 12.0 Å². The minimum absolute atomic E-state index is 0.342. The van der Waals surface area contributed by atoms with Gasteiger partial charge in [0.15, 0.2) is 0 Å². The van der Waals surface area contributed by atoms with Crippen LogP contribution >= 0.6 is 11.8 Å². The van der Waals surface area contributed by atoms with Gasteiger partial charge in [0.1, 0.15) is 0 Å². The highest BCUT2D eigenvalue weighted by Crippen LogP contribution is 2.41. The molecule has 0 aromatic rings. The molecule has 1 unspecified atom stereocenters. The van der Waals surface area contributed by atoms with E-state index in [9.17, 15) is 0 Å². The highest BCUT2D eigenvalue weighted by Gasteiger charge is 2.40. The van der Waals surface area contributed by atoms with Crippen LogP contribution in [0.2, 0.25) is 0 Å². The molecular weight excluding hydrogens is 178 g/mol. The predicted octanol–water partition coefficient (Wildman–Crippen LogP) is 3.40. The molecule has 1 fully saturated rings. The molecule has 0 amide bonds. The summed E-state index contributed by atoms with van der Waals surface area (Å²) in [6.45, 7) is 9.19. The molecule has 1 nitrogen and oxygen atoms in total. The molecule has 1 rings (SSSR count). The molecule has 13 heavy (non-hydrogen) atoms.